The van der Waals surface area contributed by atoms with E-state index >= 15 is 0 Å². The molecule has 11 heavy (non-hydrogen) atoms. The van der Waals surface area contributed by atoms with Gasteiger partial charge in [-0.3, -0.25) is 4.79 Å². The minimum atomic E-state index is 0.0590. The number of hydrogen-bond acceptors (Lipinski definition) is 3. The molecular weight excluding hydrogens is 144 g/mol. The highest BCUT2D eigenvalue weighted by atomic mass is 16.5. The fourth-order valence-corrected chi connectivity index (χ4v) is 1.44. The van der Waals surface area contributed by atoms with Crippen LogP contribution in [-0.2, 0) is 14.3 Å². The summed E-state index contributed by atoms with van der Waals surface area (Å²) in [6, 6.07) is 0. The van der Waals surface area contributed by atoms with Crippen LogP contribution >= 0.6 is 0 Å². The minimum Gasteiger partial charge on any atom is -0.465 e. The fourth-order valence-electron chi connectivity index (χ4n) is 1.44. The van der Waals surface area contributed by atoms with Crippen molar-refractivity contribution < 1.29 is 14.3 Å². The highest BCUT2D eigenvalue weighted by molar-refractivity contribution is 5.53. The maximum atomic E-state index is 10.3. The lowest BCUT2D eigenvalue weighted by Gasteiger charge is -2.23. The quantitative estimate of drug-likeness (QED) is 0.570. The molecule has 1 aliphatic rings. The third kappa shape index (κ3) is 2.33. The van der Waals surface area contributed by atoms with Crippen LogP contribution in [0.1, 0.15) is 25.7 Å². The van der Waals surface area contributed by atoms with Crippen molar-refractivity contribution in [1.82, 2.24) is 0 Å². The first-order chi connectivity index (χ1) is 5.36. The summed E-state index contributed by atoms with van der Waals surface area (Å²) in [4.78, 5) is 20.2. The van der Waals surface area contributed by atoms with Crippen molar-refractivity contribution in [3.8, 4) is 0 Å². The zero-order valence-corrected chi connectivity index (χ0v) is 6.36. The minimum absolute atomic E-state index is 0.0590. The number of rotatable bonds is 3. The number of carbonyl (C=O) groups excluding carboxylic acids is 2. The number of carbonyl (C=O) groups is 2. The largest absolute Gasteiger partial charge is 0.465 e. The van der Waals surface area contributed by atoms with E-state index in [9.17, 15) is 9.59 Å². The lowest BCUT2D eigenvalue weighted by atomic mass is 9.88. The molecule has 3 nitrogen and oxygen atoms in total. The van der Waals surface area contributed by atoms with Crippen LogP contribution in [0.25, 0.3) is 0 Å². The Morgan fingerprint density at radius 2 is 1.73 bits per heavy atom. The Morgan fingerprint density at radius 3 is 2.18 bits per heavy atom. The van der Waals surface area contributed by atoms with Gasteiger partial charge in [-0.05, 0) is 25.7 Å². The number of hydrogen-bond donors (Lipinski definition) is 0. The van der Waals surface area contributed by atoms with Crippen LogP contribution in [0, 0.1) is 5.92 Å². The molecule has 62 valence electrons. The molecule has 0 heterocycles. The molecule has 0 radical (unpaired) electrons. The topological polar surface area (TPSA) is 43.4 Å². The van der Waals surface area contributed by atoms with Gasteiger partial charge >= 0.3 is 0 Å². The third-order valence-electron chi connectivity index (χ3n) is 2.16. The van der Waals surface area contributed by atoms with Gasteiger partial charge in [0.1, 0.15) is 12.4 Å². The Bertz CT molecular complexity index is 136. The molecule has 0 aromatic rings. The van der Waals surface area contributed by atoms with Crippen molar-refractivity contribution in [2.45, 2.75) is 31.8 Å². The normalized spacial score (nSPS) is 30.9. The van der Waals surface area contributed by atoms with Crippen molar-refractivity contribution in [3.05, 3.63) is 0 Å². The van der Waals surface area contributed by atoms with E-state index in [2.05, 4.69) is 0 Å². The highest BCUT2D eigenvalue weighted by Crippen LogP contribution is 2.23. The van der Waals surface area contributed by atoms with E-state index in [0.717, 1.165) is 32.0 Å². The SMILES string of the molecule is O=COC1CCC(C=O)CC1. The smallest absolute Gasteiger partial charge is 0.293 e. The molecule has 0 aromatic carbocycles. The van der Waals surface area contributed by atoms with Crippen LogP contribution < -0.4 is 0 Å². The molecule has 1 fully saturated rings. The van der Waals surface area contributed by atoms with Gasteiger partial charge in [0.25, 0.3) is 6.47 Å². The van der Waals surface area contributed by atoms with Gasteiger partial charge in [0.2, 0.25) is 0 Å². The van der Waals surface area contributed by atoms with Crippen molar-refractivity contribution >= 4 is 12.8 Å². The highest BCUT2D eigenvalue weighted by Gasteiger charge is 2.20. The van der Waals surface area contributed by atoms with E-state index in [4.69, 9.17) is 4.74 Å². The van der Waals surface area contributed by atoms with Crippen LogP contribution in [0.5, 0.6) is 0 Å². The number of ether oxygens (including phenoxy) is 1. The third-order valence-corrected chi connectivity index (χ3v) is 2.16. The van der Waals surface area contributed by atoms with Gasteiger partial charge in [-0.2, -0.15) is 0 Å². The van der Waals surface area contributed by atoms with Gasteiger partial charge < -0.3 is 9.53 Å². The molecule has 0 amide bonds. The van der Waals surface area contributed by atoms with Gasteiger partial charge in [-0.25, -0.2) is 0 Å². The number of aldehydes is 1. The van der Waals surface area contributed by atoms with E-state index in [1.807, 2.05) is 0 Å². The zero-order valence-electron chi connectivity index (χ0n) is 6.36. The monoisotopic (exact) mass is 156 g/mol. The summed E-state index contributed by atoms with van der Waals surface area (Å²) in [5, 5.41) is 0. The van der Waals surface area contributed by atoms with E-state index < -0.39 is 0 Å². The van der Waals surface area contributed by atoms with Gasteiger partial charge in [-0.15, -0.1) is 0 Å². The summed E-state index contributed by atoms with van der Waals surface area (Å²) in [6.07, 6.45) is 4.45. The molecule has 0 atom stereocenters. The first-order valence-corrected chi connectivity index (χ1v) is 3.91. The summed E-state index contributed by atoms with van der Waals surface area (Å²) in [5.41, 5.74) is 0. The molecule has 3 heteroatoms. The molecule has 1 saturated carbocycles. The molecule has 0 bridgehead atoms. The van der Waals surface area contributed by atoms with Gasteiger partial charge in [0.15, 0.2) is 0 Å². The van der Waals surface area contributed by atoms with E-state index in [1.54, 1.807) is 0 Å². The molecule has 0 aliphatic heterocycles. The van der Waals surface area contributed by atoms with Crippen molar-refractivity contribution in [3.63, 3.8) is 0 Å². The zero-order chi connectivity index (χ0) is 8.10. The molecule has 0 spiro atoms. The van der Waals surface area contributed by atoms with Gasteiger partial charge in [0, 0.05) is 5.92 Å². The predicted molar refractivity (Wildman–Crippen MR) is 39.0 cm³/mol. The average molecular weight is 156 g/mol. The Balaban J connectivity index is 2.23. The van der Waals surface area contributed by atoms with Crippen LogP contribution in [0.2, 0.25) is 0 Å². The summed E-state index contributed by atoms with van der Waals surface area (Å²) in [6.45, 7) is 0.492. The van der Waals surface area contributed by atoms with Crippen LogP contribution in [-0.4, -0.2) is 18.9 Å². The molecule has 1 aliphatic carbocycles. The van der Waals surface area contributed by atoms with Crippen LogP contribution in [0.4, 0.5) is 0 Å². The summed E-state index contributed by atoms with van der Waals surface area (Å²) in [7, 11) is 0. The Kier molecular flexibility index (Phi) is 3.08. The molecule has 0 unspecified atom stereocenters. The molecule has 0 aromatic heterocycles. The Labute approximate surface area is 65.7 Å². The van der Waals surface area contributed by atoms with E-state index in [-0.39, 0.29) is 12.0 Å². The predicted octanol–water partition coefficient (Wildman–Crippen LogP) is 0.917. The first kappa shape index (κ1) is 8.24. The summed E-state index contributed by atoms with van der Waals surface area (Å²) < 4.78 is 4.78. The van der Waals surface area contributed by atoms with Gasteiger partial charge in [0.05, 0.1) is 0 Å². The van der Waals surface area contributed by atoms with E-state index in [1.165, 1.54) is 0 Å². The average Bonchev–Trinajstić information content (AvgIpc) is 2.07. The standard InChI is InChI=1S/C8H12O3/c9-5-7-1-3-8(4-2-7)11-6-10/h5-8H,1-4H2. The van der Waals surface area contributed by atoms with Crippen molar-refractivity contribution in [2.75, 3.05) is 0 Å². The first-order valence-electron chi connectivity index (χ1n) is 3.91. The maximum absolute atomic E-state index is 10.3. The van der Waals surface area contributed by atoms with Crippen LogP contribution in [0.15, 0.2) is 0 Å². The Hall–Kier alpha value is -0.860. The Morgan fingerprint density at radius 1 is 1.09 bits per heavy atom. The van der Waals surface area contributed by atoms with Gasteiger partial charge in [-0.1, -0.05) is 0 Å². The fraction of sp³-hybridized carbons (Fsp3) is 0.750. The lowest BCUT2D eigenvalue weighted by molar-refractivity contribution is -0.135. The van der Waals surface area contributed by atoms with Crippen molar-refractivity contribution in [1.29, 1.82) is 0 Å². The second-order valence-corrected chi connectivity index (χ2v) is 2.91. The van der Waals surface area contributed by atoms with Crippen LogP contribution in [0.3, 0.4) is 0 Å². The van der Waals surface area contributed by atoms with E-state index in [0.29, 0.717) is 6.47 Å². The second-order valence-electron chi connectivity index (χ2n) is 2.91. The molecule has 0 saturated heterocycles. The summed E-state index contributed by atoms with van der Waals surface area (Å²) >= 11 is 0. The molecule has 0 N–H and O–H groups in total. The molecule has 1 rings (SSSR count). The maximum Gasteiger partial charge on any atom is 0.293 e. The molecular formula is C8H12O3. The summed E-state index contributed by atoms with van der Waals surface area (Å²) in [5.74, 6) is 0.196. The second kappa shape index (κ2) is 4.11. The lowest BCUT2D eigenvalue weighted by Crippen LogP contribution is -2.21. The van der Waals surface area contributed by atoms with Crippen molar-refractivity contribution in [2.24, 2.45) is 5.92 Å².